The zero-order chi connectivity index (χ0) is 25.2. The highest BCUT2D eigenvalue weighted by Crippen LogP contribution is 2.45. The maximum absolute atomic E-state index is 13.2. The Morgan fingerprint density at radius 2 is 1.71 bits per heavy atom. The molecule has 1 atom stereocenters. The Balaban J connectivity index is 2.40. The molecule has 1 aliphatic heterocycles. The molecule has 1 unspecified atom stereocenters. The van der Waals surface area contributed by atoms with Crippen molar-refractivity contribution in [1.82, 2.24) is 0 Å². The number of allylic oxidation sites excluding steroid dienone is 1. The molecule has 2 N–H and O–H groups in total. The van der Waals surface area contributed by atoms with E-state index in [2.05, 4.69) is 0 Å². The molecule has 7 nitrogen and oxygen atoms in total. The fourth-order valence-corrected chi connectivity index (χ4v) is 3.89. The summed E-state index contributed by atoms with van der Waals surface area (Å²) in [5.74, 6) is -3.44. The van der Waals surface area contributed by atoms with Crippen LogP contribution in [0.15, 0.2) is 71.2 Å². The number of nitrogens with two attached hydrogens (primary N) is 1. The number of nitriles is 1. The standard InChI is InChI=1S/C23H17ClF3N3O4/c1-33-21(31)18-17(12-6-4-3-5-7-12)14(11-28)20(29)30(19(18)22(32)34-2)16-9-8-13(10-15(16)24)23(25,26)27/h3-10,17H,29H2,1-2H3. The topological polar surface area (TPSA) is 106 Å². The molecule has 0 saturated heterocycles. The molecular weight excluding hydrogens is 475 g/mol. The third-order valence-electron chi connectivity index (χ3n) is 5.13. The van der Waals surface area contributed by atoms with Crippen LogP contribution in [0.2, 0.25) is 5.02 Å². The highest BCUT2D eigenvalue weighted by atomic mass is 35.5. The first-order chi connectivity index (χ1) is 16.1. The lowest BCUT2D eigenvalue weighted by atomic mass is 9.81. The average Bonchev–Trinajstić information content (AvgIpc) is 2.82. The van der Waals surface area contributed by atoms with Gasteiger partial charge in [0.2, 0.25) is 0 Å². The Morgan fingerprint density at radius 3 is 2.21 bits per heavy atom. The van der Waals surface area contributed by atoms with Crippen molar-refractivity contribution >= 4 is 29.2 Å². The fourth-order valence-electron chi connectivity index (χ4n) is 3.63. The Hall–Kier alpha value is -3.97. The average molecular weight is 492 g/mol. The monoisotopic (exact) mass is 491 g/mol. The molecule has 0 aliphatic carbocycles. The number of carbonyl (C=O) groups excluding carboxylic acids is 2. The molecule has 1 heterocycles. The van der Waals surface area contributed by atoms with E-state index in [1.165, 1.54) is 0 Å². The number of methoxy groups -OCH3 is 2. The molecule has 11 heteroatoms. The van der Waals surface area contributed by atoms with Crippen molar-refractivity contribution in [1.29, 1.82) is 5.26 Å². The summed E-state index contributed by atoms with van der Waals surface area (Å²) in [6.07, 6.45) is -4.68. The first kappa shape index (κ1) is 24.7. The van der Waals surface area contributed by atoms with E-state index in [-0.39, 0.29) is 22.7 Å². The van der Waals surface area contributed by atoms with E-state index in [0.29, 0.717) is 11.6 Å². The first-order valence-corrected chi connectivity index (χ1v) is 9.96. The third-order valence-corrected chi connectivity index (χ3v) is 5.43. The van der Waals surface area contributed by atoms with Crippen molar-refractivity contribution in [3.8, 4) is 6.07 Å². The predicted octanol–water partition coefficient (Wildman–Crippen LogP) is 4.26. The van der Waals surface area contributed by atoms with Gasteiger partial charge in [0.25, 0.3) is 0 Å². The lowest BCUT2D eigenvalue weighted by Crippen LogP contribution is -2.41. The highest BCUT2D eigenvalue weighted by Gasteiger charge is 2.43. The van der Waals surface area contributed by atoms with Gasteiger partial charge < -0.3 is 15.2 Å². The van der Waals surface area contributed by atoms with Crippen molar-refractivity contribution in [2.24, 2.45) is 5.73 Å². The Morgan fingerprint density at radius 1 is 1.09 bits per heavy atom. The second kappa shape index (κ2) is 9.49. The van der Waals surface area contributed by atoms with Crippen LogP contribution in [0.5, 0.6) is 0 Å². The number of benzene rings is 2. The van der Waals surface area contributed by atoms with E-state index < -0.39 is 40.3 Å². The SMILES string of the molecule is COC(=O)C1=C(C(=O)OC)N(c2ccc(C(F)(F)F)cc2Cl)C(N)=C(C#N)C1c1ccccc1. The Labute approximate surface area is 197 Å². The number of alkyl halides is 3. The minimum atomic E-state index is -4.68. The normalized spacial score (nSPS) is 16.3. The Bertz CT molecular complexity index is 1250. The summed E-state index contributed by atoms with van der Waals surface area (Å²) in [6.45, 7) is 0. The van der Waals surface area contributed by atoms with Crippen LogP contribution in [-0.2, 0) is 25.2 Å². The molecular formula is C23H17ClF3N3O4. The van der Waals surface area contributed by atoms with E-state index in [1.807, 2.05) is 6.07 Å². The second-order valence-corrected chi connectivity index (χ2v) is 7.41. The molecule has 0 bridgehead atoms. The van der Waals surface area contributed by atoms with Crippen LogP contribution in [0.25, 0.3) is 0 Å². The van der Waals surface area contributed by atoms with Gasteiger partial charge in [0, 0.05) is 0 Å². The molecule has 0 spiro atoms. The number of nitrogens with zero attached hydrogens (tertiary/aromatic N) is 2. The summed E-state index contributed by atoms with van der Waals surface area (Å²) >= 11 is 6.16. The van der Waals surface area contributed by atoms with Gasteiger partial charge in [0.15, 0.2) is 0 Å². The maximum atomic E-state index is 13.2. The fraction of sp³-hybridized carbons (Fsp3) is 0.174. The van der Waals surface area contributed by atoms with Crippen molar-refractivity contribution in [3.63, 3.8) is 0 Å². The van der Waals surface area contributed by atoms with E-state index in [4.69, 9.17) is 26.8 Å². The van der Waals surface area contributed by atoms with Crippen LogP contribution in [-0.4, -0.2) is 26.2 Å². The van der Waals surface area contributed by atoms with Crippen molar-refractivity contribution < 1.29 is 32.2 Å². The Kier molecular flexibility index (Phi) is 6.88. The van der Waals surface area contributed by atoms with Gasteiger partial charge in [-0.25, -0.2) is 9.59 Å². The smallest absolute Gasteiger partial charge is 0.416 e. The van der Waals surface area contributed by atoms with Crippen LogP contribution >= 0.6 is 11.6 Å². The van der Waals surface area contributed by atoms with Gasteiger partial charge >= 0.3 is 18.1 Å². The van der Waals surface area contributed by atoms with Crippen LogP contribution in [0, 0.1) is 11.3 Å². The van der Waals surface area contributed by atoms with Crippen molar-refractivity contribution in [3.05, 3.63) is 87.3 Å². The summed E-state index contributed by atoms with van der Waals surface area (Å²) in [4.78, 5) is 26.8. The maximum Gasteiger partial charge on any atom is 0.416 e. The van der Waals surface area contributed by atoms with Crippen LogP contribution in [0.1, 0.15) is 17.0 Å². The molecule has 2 aromatic rings. The molecule has 3 rings (SSSR count). The van der Waals surface area contributed by atoms with Crippen LogP contribution < -0.4 is 10.6 Å². The molecule has 34 heavy (non-hydrogen) atoms. The zero-order valence-corrected chi connectivity index (χ0v) is 18.6. The number of halogens is 4. The number of hydrogen-bond acceptors (Lipinski definition) is 7. The molecule has 2 aromatic carbocycles. The number of anilines is 1. The zero-order valence-electron chi connectivity index (χ0n) is 17.8. The molecule has 0 saturated carbocycles. The lowest BCUT2D eigenvalue weighted by molar-refractivity contribution is -0.139. The first-order valence-electron chi connectivity index (χ1n) is 9.59. The minimum absolute atomic E-state index is 0.143. The number of rotatable bonds is 4. The van der Waals surface area contributed by atoms with E-state index in [9.17, 15) is 28.0 Å². The van der Waals surface area contributed by atoms with Gasteiger partial charge in [0.05, 0.1) is 53.6 Å². The quantitative estimate of drug-likeness (QED) is 0.637. The summed E-state index contributed by atoms with van der Waals surface area (Å²) in [6, 6.07) is 12.6. The summed E-state index contributed by atoms with van der Waals surface area (Å²) in [5, 5.41) is 9.51. The summed E-state index contributed by atoms with van der Waals surface area (Å²) in [7, 11) is 2.13. The van der Waals surface area contributed by atoms with E-state index in [1.54, 1.807) is 30.3 Å². The highest BCUT2D eigenvalue weighted by molar-refractivity contribution is 6.33. The number of carbonyl (C=O) groups is 2. The van der Waals surface area contributed by atoms with Crippen molar-refractivity contribution in [2.75, 3.05) is 19.1 Å². The van der Waals surface area contributed by atoms with Gasteiger partial charge in [0.1, 0.15) is 11.5 Å². The number of hydrogen-bond donors (Lipinski definition) is 1. The van der Waals surface area contributed by atoms with Gasteiger partial charge in [-0.05, 0) is 23.8 Å². The lowest BCUT2D eigenvalue weighted by Gasteiger charge is -2.36. The van der Waals surface area contributed by atoms with Gasteiger partial charge in [-0.3, -0.25) is 4.90 Å². The molecule has 0 aromatic heterocycles. The number of ether oxygens (including phenoxy) is 2. The molecule has 176 valence electrons. The molecule has 0 radical (unpaired) electrons. The predicted molar refractivity (Wildman–Crippen MR) is 116 cm³/mol. The number of esters is 2. The second-order valence-electron chi connectivity index (χ2n) is 7.00. The largest absolute Gasteiger partial charge is 0.466 e. The molecule has 1 aliphatic rings. The van der Waals surface area contributed by atoms with Crippen LogP contribution in [0.4, 0.5) is 18.9 Å². The molecule has 0 amide bonds. The van der Waals surface area contributed by atoms with E-state index in [0.717, 1.165) is 31.3 Å². The van der Waals surface area contributed by atoms with Gasteiger partial charge in [-0.15, -0.1) is 0 Å². The van der Waals surface area contributed by atoms with Gasteiger partial charge in [-0.1, -0.05) is 41.9 Å². The molecule has 0 fully saturated rings. The van der Waals surface area contributed by atoms with E-state index >= 15 is 0 Å². The van der Waals surface area contributed by atoms with Crippen LogP contribution in [0.3, 0.4) is 0 Å². The summed E-state index contributed by atoms with van der Waals surface area (Å²) in [5.41, 5.74) is 4.64. The van der Waals surface area contributed by atoms with Crippen molar-refractivity contribution in [2.45, 2.75) is 12.1 Å². The minimum Gasteiger partial charge on any atom is -0.466 e. The summed E-state index contributed by atoms with van der Waals surface area (Å²) < 4.78 is 49.2. The van der Waals surface area contributed by atoms with Gasteiger partial charge in [-0.2, -0.15) is 18.4 Å². The third kappa shape index (κ3) is 4.30.